The molecule has 0 unspecified atom stereocenters. The van der Waals surface area contributed by atoms with E-state index in [4.69, 9.17) is 9.47 Å². The average molecular weight is 202 g/mol. The summed E-state index contributed by atoms with van der Waals surface area (Å²) >= 11 is 0. The number of ether oxygens (including phenoxy) is 2. The number of hydrogen-bond donors (Lipinski definition) is 0. The van der Waals surface area contributed by atoms with Crippen LogP contribution in [0.4, 0.5) is 8.78 Å². The average Bonchev–Trinajstić information content (AvgIpc) is 2.24. The quantitative estimate of drug-likeness (QED) is 0.705. The zero-order valence-corrected chi connectivity index (χ0v) is 7.71. The summed E-state index contributed by atoms with van der Waals surface area (Å²) in [5, 5.41) is 0. The largest absolute Gasteiger partial charge is 0.491 e. The molecule has 2 nitrogen and oxygen atoms in total. The predicted octanol–water partition coefficient (Wildman–Crippen LogP) is 2.38. The van der Waals surface area contributed by atoms with Gasteiger partial charge in [-0.1, -0.05) is 6.07 Å². The molecular formula is C10H12F2O2. The fourth-order valence-corrected chi connectivity index (χ4v) is 0.967. The maximum absolute atomic E-state index is 11.8. The zero-order chi connectivity index (χ0) is 10.2. The molecule has 14 heavy (non-hydrogen) atoms. The van der Waals surface area contributed by atoms with Crippen molar-refractivity contribution < 1.29 is 18.3 Å². The smallest absolute Gasteiger partial charge is 0.123 e. The Labute approximate surface area is 81.4 Å². The van der Waals surface area contributed by atoms with Crippen molar-refractivity contribution in [1.82, 2.24) is 0 Å². The van der Waals surface area contributed by atoms with Gasteiger partial charge in [-0.2, -0.15) is 0 Å². The molecule has 1 aromatic rings. The van der Waals surface area contributed by atoms with Crippen LogP contribution in [-0.2, 0) is 0 Å². The Morgan fingerprint density at radius 1 is 0.929 bits per heavy atom. The Bertz CT molecular complexity index is 243. The van der Waals surface area contributed by atoms with Gasteiger partial charge in [-0.05, 0) is 12.1 Å². The molecule has 0 fully saturated rings. The third-order valence-electron chi connectivity index (χ3n) is 1.50. The molecule has 0 aromatic heterocycles. The Hall–Kier alpha value is -1.32. The predicted molar refractivity (Wildman–Crippen MR) is 49.4 cm³/mol. The molecule has 1 aromatic carbocycles. The molecule has 0 aliphatic carbocycles. The summed E-state index contributed by atoms with van der Waals surface area (Å²) in [7, 11) is 0. The minimum Gasteiger partial charge on any atom is -0.491 e. The molecule has 1 rings (SSSR count). The molecular weight excluding hydrogens is 190 g/mol. The van der Waals surface area contributed by atoms with Crippen LogP contribution in [0.3, 0.4) is 0 Å². The van der Waals surface area contributed by atoms with Gasteiger partial charge in [-0.15, -0.1) is 0 Å². The Morgan fingerprint density at radius 2 is 1.43 bits per heavy atom. The lowest BCUT2D eigenvalue weighted by Crippen LogP contribution is -2.01. The number of alkyl halides is 2. The van der Waals surface area contributed by atoms with Crippen molar-refractivity contribution in [2.45, 2.75) is 0 Å². The number of benzene rings is 1. The summed E-state index contributed by atoms with van der Waals surface area (Å²) in [5.41, 5.74) is 0. The van der Waals surface area contributed by atoms with E-state index in [1.807, 2.05) is 0 Å². The summed E-state index contributed by atoms with van der Waals surface area (Å²) in [4.78, 5) is 0. The van der Waals surface area contributed by atoms with Gasteiger partial charge in [0.25, 0.3) is 0 Å². The van der Waals surface area contributed by atoms with Crippen molar-refractivity contribution in [3.63, 3.8) is 0 Å². The van der Waals surface area contributed by atoms with Crippen LogP contribution < -0.4 is 9.47 Å². The van der Waals surface area contributed by atoms with Crippen LogP contribution in [0.1, 0.15) is 0 Å². The number of hydrogen-bond acceptors (Lipinski definition) is 2. The Kier molecular flexibility index (Phi) is 4.75. The molecule has 0 amide bonds. The molecule has 4 heteroatoms. The Morgan fingerprint density at radius 3 is 1.86 bits per heavy atom. The summed E-state index contributed by atoms with van der Waals surface area (Å²) < 4.78 is 33.6. The highest BCUT2D eigenvalue weighted by Gasteiger charge is 1.97. The topological polar surface area (TPSA) is 18.5 Å². The normalized spacial score (nSPS) is 9.86. The van der Waals surface area contributed by atoms with Crippen LogP contribution in [0, 0.1) is 0 Å². The fourth-order valence-electron chi connectivity index (χ4n) is 0.967. The molecule has 0 N–H and O–H groups in total. The minimum atomic E-state index is -0.532. The van der Waals surface area contributed by atoms with Gasteiger partial charge in [0.15, 0.2) is 0 Å². The van der Waals surface area contributed by atoms with E-state index >= 15 is 0 Å². The Balaban J connectivity index is 2.50. The maximum atomic E-state index is 11.8. The molecule has 0 heterocycles. The van der Waals surface area contributed by atoms with Gasteiger partial charge < -0.3 is 9.47 Å². The van der Waals surface area contributed by atoms with Gasteiger partial charge >= 0.3 is 0 Å². The summed E-state index contributed by atoms with van der Waals surface area (Å²) in [6, 6.07) is 6.70. The first kappa shape index (κ1) is 10.8. The van der Waals surface area contributed by atoms with Gasteiger partial charge in [0.1, 0.15) is 38.1 Å². The summed E-state index contributed by atoms with van der Waals surface area (Å²) in [5.74, 6) is 1.05. The number of rotatable bonds is 6. The monoisotopic (exact) mass is 202 g/mol. The van der Waals surface area contributed by atoms with Crippen molar-refractivity contribution in [3.05, 3.63) is 24.3 Å². The lowest BCUT2D eigenvalue weighted by atomic mass is 10.3. The van der Waals surface area contributed by atoms with Crippen molar-refractivity contribution in [2.75, 3.05) is 26.6 Å². The first-order chi connectivity index (χ1) is 6.86. The van der Waals surface area contributed by atoms with E-state index in [-0.39, 0.29) is 13.2 Å². The molecule has 0 radical (unpaired) electrons. The highest BCUT2D eigenvalue weighted by atomic mass is 19.1. The van der Waals surface area contributed by atoms with Gasteiger partial charge in [0.2, 0.25) is 0 Å². The second kappa shape index (κ2) is 6.18. The van der Waals surface area contributed by atoms with Crippen molar-refractivity contribution in [1.29, 1.82) is 0 Å². The van der Waals surface area contributed by atoms with E-state index in [1.54, 1.807) is 24.3 Å². The van der Waals surface area contributed by atoms with Gasteiger partial charge in [0, 0.05) is 6.07 Å². The third-order valence-corrected chi connectivity index (χ3v) is 1.50. The molecule has 78 valence electrons. The van der Waals surface area contributed by atoms with Crippen LogP contribution in [0.15, 0.2) is 24.3 Å². The van der Waals surface area contributed by atoms with E-state index in [1.165, 1.54) is 0 Å². The van der Waals surface area contributed by atoms with E-state index < -0.39 is 13.3 Å². The lowest BCUT2D eigenvalue weighted by Gasteiger charge is -2.06. The van der Waals surface area contributed by atoms with E-state index in [2.05, 4.69) is 0 Å². The van der Waals surface area contributed by atoms with Crippen LogP contribution in [0.25, 0.3) is 0 Å². The van der Waals surface area contributed by atoms with E-state index in [0.717, 1.165) is 0 Å². The van der Waals surface area contributed by atoms with E-state index in [9.17, 15) is 8.78 Å². The zero-order valence-electron chi connectivity index (χ0n) is 7.71. The maximum Gasteiger partial charge on any atom is 0.123 e. The SMILES string of the molecule is FCCOc1cccc(OCCF)c1. The minimum absolute atomic E-state index is 0.0204. The lowest BCUT2D eigenvalue weighted by molar-refractivity contribution is 0.261. The summed E-state index contributed by atoms with van der Waals surface area (Å²) in [6.07, 6.45) is 0. The second-order valence-electron chi connectivity index (χ2n) is 2.55. The summed E-state index contributed by atoms with van der Waals surface area (Å²) in [6.45, 7) is -1.02. The molecule has 0 saturated carbocycles. The van der Waals surface area contributed by atoms with Crippen LogP contribution in [0.2, 0.25) is 0 Å². The van der Waals surface area contributed by atoms with E-state index in [0.29, 0.717) is 11.5 Å². The second-order valence-corrected chi connectivity index (χ2v) is 2.55. The first-order valence-corrected chi connectivity index (χ1v) is 4.34. The number of halogens is 2. The fraction of sp³-hybridized carbons (Fsp3) is 0.400. The molecule has 0 saturated heterocycles. The standard InChI is InChI=1S/C10H12F2O2/c11-4-6-13-9-2-1-3-10(8-9)14-7-5-12/h1-3,8H,4-7H2. The molecule has 0 aliphatic rings. The first-order valence-electron chi connectivity index (χ1n) is 4.34. The van der Waals surface area contributed by atoms with Crippen molar-refractivity contribution >= 4 is 0 Å². The third kappa shape index (κ3) is 3.60. The van der Waals surface area contributed by atoms with Crippen molar-refractivity contribution in [2.24, 2.45) is 0 Å². The highest BCUT2D eigenvalue weighted by molar-refractivity contribution is 5.32. The van der Waals surface area contributed by atoms with Gasteiger partial charge in [-0.25, -0.2) is 8.78 Å². The van der Waals surface area contributed by atoms with Crippen LogP contribution in [-0.4, -0.2) is 26.6 Å². The van der Waals surface area contributed by atoms with Crippen LogP contribution in [0.5, 0.6) is 11.5 Å². The molecule has 0 aliphatic heterocycles. The van der Waals surface area contributed by atoms with Gasteiger partial charge in [0.05, 0.1) is 0 Å². The molecule has 0 atom stereocenters. The van der Waals surface area contributed by atoms with Crippen LogP contribution >= 0.6 is 0 Å². The van der Waals surface area contributed by atoms with Gasteiger partial charge in [-0.3, -0.25) is 0 Å². The molecule has 0 bridgehead atoms. The van der Waals surface area contributed by atoms with Crippen molar-refractivity contribution in [3.8, 4) is 11.5 Å². The molecule has 0 spiro atoms. The highest BCUT2D eigenvalue weighted by Crippen LogP contribution is 2.19.